The van der Waals surface area contributed by atoms with Gasteiger partial charge in [-0.2, -0.15) is 5.10 Å². The number of hydrogen-bond acceptors (Lipinski definition) is 2. The van der Waals surface area contributed by atoms with Crippen LogP contribution in [0.15, 0.2) is 22.7 Å². The molecule has 0 fully saturated rings. The Morgan fingerprint density at radius 2 is 2.12 bits per heavy atom. The van der Waals surface area contributed by atoms with Crippen molar-refractivity contribution in [1.29, 1.82) is 0 Å². The maximum atomic E-state index is 5.56. The maximum Gasteiger partial charge on any atom is 0.107 e. The van der Waals surface area contributed by atoms with Gasteiger partial charge in [0.15, 0.2) is 0 Å². The van der Waals surface area contributed by atoms with E-state index < -0.39 is 0 Å². The van der Waals surface area contributed by atoms with E-state index in [4.69, 9.17) is 5.73 Å². The number of halogens is 1. The van der Waals surface area contributed by atoms with Crippen molar-refractivity contribution in [2.75, 3.05) is 6.54 Å². The molecule has 4 heteroatoms. The van der Waals surface area contributed by atoms with E-state index in [9.17, 15) is 0 Å². The molecule has 0 saturated carbocycles. The molecule has 1 aromatic heterocycles. The van der Waals surface area contributed by atoms with Crippen molar-refractivity contribution in [2.24, 2.45) is 5.73 Å². The lowest BCUT2D eigenvalue weighted by Gasteiger charge is -2.04. The van der Waals surface area contributed by atoms with E-state index in [1.54, 1.807) is 0 Å². The summed E-state index contributed by atoms with van der Waals surface area (Å²) in [5, 5.41) is 7.42. The minimum Gasteiger partial charge on any atom is -0.330 e. The third-order valence-electron chi connectivity index (χ3n) is 2.82. The SMILES string of the molecule is Cc1ccc(C)c(-c2n[nH]c(CCN)c2Br)c1. The van der Waals surface area contributed by atoms with E-state index in [0.717, 1.165) is 27.8 Å². The molecule has 0 aliphatic heterocycles. The minimum absolute atomic E-state index is 0.618. The van der Waals surface area contributed by atoms with Crippen molar-refractivity contribution in [3.8, 4) is 11.3 Å². The summed E-state index contributed by atoms with van der Waals surface area (Å²) < 4.78 is 1.02. The van der Waals surface area contributed by atoms with E-state index in [1.807, 2.05) is 0 Å². The van der Waals surface area contributed by atoms with Crippen molar-refractivity contribution in [3.05, 3.63) is 39.5 Å². The fourth-order valence-corrected chi connectivity index (χ4v) is 2.43. The molecule has 0 spiro atoms. The summed E-state index contributed by atoms with van der Waals surface area (Å²) in [5.41, 5.74) is 11.2. The molecule has 3 nitrogen and oxygen atoms in total. The van der Waals surface area contributed by atoms with Crippen LogP contribution in [-0.2, 0) is 6.42 Å². The molecular formula is C13H16BrN3. The van der Waals surface area contributed by atoms with Gasteiger partial charge in [0.2, 0.25) is 0 Å². The second-order valence-corrected chi connectivity index (χ2v) is 5.01. The molecular weight excluding hydrogens is 278 g/mol. The Bertz CT molecular complexity index is 531. The zero-order valence-electron chi connectivity index (χ0n) is 10.0. The molecule has 0 aliphatic rings. The Balaban J connectivity index is 2.49. The first kappa shape index (κ1) is 12.3. The average molecular weight is 294 g/mol. The second kappa shape index (κ2) is 5.02. The lowest BCUT2D eigenvalue weighted by molar-refractivity contribution is 0.898. The van der Waals surface area contributed by atoms with Gasteiger partial charge < -0.3 is 5.73 Å². The van der Waals surface area contributed by atoms with Crippen molar-refractivity contribution in [1.82, 2.24) is 10.2 Å². The quantitative estimate of drug-likeness (QED) is 0.914. The number of benzene rings is 1. The van der Waals surface area contributed by atoms with E-state index in [1.165, 1.54) is 11.1 Å². The van der Waals surface area contributed by atoms with Crippen molar-refractivity contribution in [3.63, 3.8) is 0 Å². The second-order valence-electron chi connectivity index (χ2n) is 4.22. The molecule has 0 atom stereocenters. The van der Waals surface area contributed by atoms with Crippen LogP contribution in [0.5, 0.6) is 0 Å². The van der Waals surface area contributed by atoms with Crippen LogP contribution >= 0.6 is 15.9 Å². The van der Waals surface area contributed by atoms with Gasteiger partial charge in [0, 0.05) is 12.0 Å². The van der Waals surface area contributed by atoms with Crippen LogP contribution in [0.25, 0.3) is 11.3 Å². The fourth-order valence-electron chi connectivity index (χ4n) is 1.84. The number of H-pyrrole nitrogens is 1. The molecule has 1 heterocycles. The maximum absolute atomic E-state index is 5.56. The van der Waals surface area contributed by atoms with Crippen LogP contribution in [0.1, 0.15) is 16.8 Å². The Hall–Kier alpha value is -1.13. The van der Waals surface area contributed by atoms with Crippen LogP contribution in [0.4, 0.5) is 0 Å². The molecule has 1 aromatic carbocycles. The van der Waals surface area contributed by atoms with E-state index in [-0.39, 0.29) is 0 Å². The van der Waals surface area contributed by atoms with Crippen LogP contribution in [-0.4, -0.2) is 16.7 Å². The Morgan fingerprint density at radius 1 is 1.35 bits per heavy atom. The lowest BCUT2D eigenvalue weighted by Crippen LogP contribution is -2.03. The molecule has 0 unspecified atom stereocenters. The summed E-state index contributed by atoms with van der Waals surface area (Å²) in [6.45, 7) is 4.80. The monoisotopic (exact) mass is 293 g/mol. The first-order chi connectivity index (χ1) is 8.13. The molecule has 17 heavy (non-hydrogen) atoms. The number of aromatic nitrogens is 2. The number of nitrogens with two attached hydrogens (primary N) is 1. The fraction of sp³-hybridized carbons (Fsp3) is 0.308. The predicted octanol–water partition coefficient (Wildman–Crippen LogP) is 2.96. The lowest BCUT2D eigenvalue weighted by atomic mass is 10.0. The molecule has 0 amide bonds. The Morgan fingerprint density at radius 3 is 2.82 bits per heavy atom. The first-order valence-electron chi connectivity index (χ1n) is 5.64. The van der Waals surface area contributed by atoms with Gasteiger partial charge in [-0.25, -0.2) is 0 Å². The Labute approximate surface area is 110 Å². The van der Waals surface area contributed by atoms with Gasteiger partial charge in [0.05, 0.1) is 10.2 Å². The van der Waals surface area contributed by atoms with Crippen molar-refractivity contribution in [2.45, 2.75) is 20.3 Å². The molecule has 0 aliphatic carbocycles. The molecule has 0 bridgehead atoms. The van der Waals surface area contributed by atoms with E-state index >= 15 is 0 Å². The largest absolute Gasteiger partial charge is 0.330 e. The third kappa shape index (κ3) is 2.42. The zero-order chi connectivity index (χ0) is 12.4. The summed E-state index contributed by atoms with van der Waals surface area (Å²) in [6, 6.07) is 6.39. The van der Waals surface area contributed by atoms with Crippen LogP contribution in [0.3, 0.4) is 0 Å². The van der Waals surface area contributed by atoms with Crippen LogP contribution < -0.4 is 5.73 Å². The standard InChI is InChI=1S/C13H16BrN3/c1-8-3-4-9(2)10(7-8)13-12(14)11(5-6-15)16-17-13/h3-4,7H,5-6,15H2,1-2H3,(H,16,17). The third-order valence-corrected chi connectivity index (χ3v) is 3.67. The molecule has 2 aromatic rings. The van der Waals surface area contributed by atoms with Gasteiger partial charge in [-0.1, -0.05) is 17.7 Å². The number of aromatic amines is 1. The highest BCUT2D eigenvalue weighted by Gasteiger charge is 2.13. The van der Waals surface area contributed by atoms with Crippen molar-refractivity contribution < 1.29 is 0 Å². The summed E-state index contributed by atoms with van der Waals surface area (Å²) in [7, 11) is 0. The summed E-state index contributed by atoms with van der Waals surface area (Å²) in [6.07, 6.45) is 0.804. The molecule has 0 radical (unpaired) electrons. The number of nitrogens with one attached hydrogen (secondary N) is 1. The summed E-state index contributed by atoms with van der Waals surface area (Å²) >= 11 is 3.60. The zero-order valence-corrected chi connectivity index (χ0v) is 11.6. The number of hydrogen-bond donors (Lipinski definition) is 2. The van der Waals surface area contributed by atoms with Crippen LogP contribution in [0.2, 0.25) is 0 Å². The van der Waals surface area contributed by atoms with Gasteiger partial charge >= 0.3 is 0 Å². The van der Waals surface area contributed by atoms with E-state index in [0.29, 0.717) is 6.54 Å². The average Bonchev–Trinajstić information content (AvgIpc) is 2.65. The van der Waals surface area contributed by atoms with Gasteiger partial charge in [-0.05, 0) is 48.0 Å². The Kier molecular flexibility index (Phi) is 3.64. The topological polar surface area (TPSA) is 54.7 Å². The van der Waals surface area contributed by atoms with Gasteiger partial charge in [-0.15, -0.1) is 0 Å². The first-order valence-corrected chi connectivity index (χ1v) is 6.43. The number of nitrogens with zero attached hydrogens (tertiary/aromatic N) is 1. The van der Waals surface area contributed by atoms with E-state index in [2.05, 4.69) is 58.2 Å². The van der Waals surface area contributed by atoms with Gasteiger partial charge in [-0.3, -0.25) is 5.10 Å². The smallest absolute Gasteiger partial charge is 0.107 e. The minimum atomic E-state index is 0.618. The van der Waals surface area contributed by atoms with Gasteiger partial charge in [0.25, 0.3) is 0 Å². The van der Waals surface area contributed by atoms with Gasteiger partial charge in [0.1, 0.15) is 5.69 Å². The highest BCUT2D eigenvalue weighted by molar-refractivity contribution is 9.10. The number of aryl methyl sites for hydroxylation is 2. The molecule has 3 N–H and O–H groups in total. The highest BCUT2D eigenvalue weighted by Crippen LogP contribution is 2.31. The normalized spacial score (nSPS) is 10.8. The van der Waals surface area contributed by atoms with Crippen LogP contribution in [0, 0.1) is 13.8 Å². The van der Waals surface area contributed by atoms with Crippen molar-refractivity contribution >= 4 is 15.9 Å². The molecule has 0 saturated heterocycles. The highest BCUT2D eigenvalue weighted by atomic mass is 79.9. The predicted molar refractivity (Wildman–Crippen MR) is 74.0 cm³/mol. The summed E-state index contributed by atoms with van der Waals surface area (Å²) in [5.74, 6) is 0. The molecule has 2 rings (SSSR count). The molecule has 90 valence electrons. The number of rotatable bonds is 3. The summed E-state index contributed by atoms with van der Waals surface area (Å²) in [4.78, 5) is 0.